The van der Waals surface area contributed by atoms with Gasteiger partial charge in [-0.3, -0.25) is 9.10 Å². The molecule has 1 N–H and O–H groups in total. The summed E-state index contributed by atoms with van der Waals surface area (Å²) in [6, 6.07) is 10.1. The third-order valence-electron chi connectivity index (χ3n) is 4.94. The number of nitrogens with zero attached hydrogens (tertiary/aromatic N) is 1. The van der Waals surface area contributed by atoms with Crippen LogP contribution in [0.1, 0.15) is 24.1 Å². The number of fused-ring (bicyclic) bond motifs is 1. The van der Waals surface area contributed by atoms with Crippen LogP contribution in [0.3, 0.4) is 0 Å². The summed E-state index contributed by atoms with van der Waals surface area (Å²) in [7, 11) is -0.478. The summed E-state index contributed by atoms with van der Waals surface area (Å²) in [5.74, 6) is 1.16. The standard InChI is InChI=1S/C21H26N2O6S/c1-13-6-8-19-17(10-13)23(30(5,25)26)12-20(29-19)21(24)22-14(2)16-11-15(27-3)7-9-18(16)28-4/h6-11,14,20H,12H2,1-5H3,(H,22,24)/t14-,20-/m0/s1. The van der Waals surface area contributed by atoms with E-state index in [4.69, 9.17) is 14.2 Å². The number of rotatable bonds is 6. The molecule has 0 unspecified atom stereocenters. The number of anilines is 1. The van der Waals surface area contributed by atoms with E-state index in [2.05, 4.69) is 5.32 Å². The van der Waals surface area contributed by atoms with Crippen molar-refractivity contribution in [3.63, 3.8) is 0 Å². The summed E-state index contributed by atoms with van der Waals surface area (Å²) in [5, 5.41) is 2.89. The fourth-order valence-corrected chi connectivity index (χ4v) is 4.28. The number of carbonyl (C=O) groups excluding carboxylic acids is 1. The third kappa shape index (κ3) is 4.46. The SMILES string of the molecule is COc1ccc(OC)c([C@H](C)NC(=O)[C@@H]2CN(S(C)(=O)=O)c3cc(C)ccc3O2)c1. The van der Waals surface area contributed by atoms with Crippen LogP contribution in [0.25, 0.3) is 0 Å². The van der Waals surface area contributed by atoms with Crippen LogP contribution in [0.5, 0.6) is 17.2 Å². The number of amides is 1. The number of ether oxygens (including phenoxy) is 3. The average molecular weight is 435 g/mol. The molecule has 1 heterocycles. The van der Waals surface area contributed by atoms with Crippen LogP contribution in [-0.2, 0) is 14.8 Å². The van der Waals surface area contributed by atoms with Crippen molar-refractivity contribution in [2.24, 2.45) is 0 Å². The topological polar surface area (TPSA) is 94.2 Å². The van der Waals surface area contributed by atoms with Crippen LogP contribution in [0.4, 0.5) is 5.69 Å². The second-order valence-corrected chi connectivity index (χ2v) is 9.12. The van der Waals surface area contributed by atoms with E-state index >= 15 is 0 Å². The fraction of sp³-hybridized carbons (Fsp3) is 0.381. The lowest BCUT2D eigenvalue weighted by molar-refractivity contribution is -0.128. The molecule has 30 heavy (non-hydrogen) atoms. The molecule has 1 aliphatic rings. The summed E-state index contributed by atoms with van der Waals surface area (Å²) in [6.45, 7) is 3.56. The first kappa shape index (κ1) is 21.8. The number of carbonyl (C=O) groups is 1. The fourth-order valence-electron chi connectivity index (χ4n) is 3.37. The molecule has 0 aliphatic carbocycles. The largest absolute Gasteiger partial charge is 0.497 e. The van der Waals surface area contributed by atoms with Crippen molar-refractivity contribution in [3.05, 3.63) is 47.5 Å². The number of hydrogen-bond acceptors (Lipinski definition) is 6. The zero-order valence-electron chi connectivity index (χ0n) is 17.6. The van der Waals surface area contributed by atoms with Crippen molar-refractivity contribution in [3.8, 4) is 17.2 Å². The van der Waals surface area contributed by atoms with E-state index < -0.39 is 28.1 Å². The average Bonchev–Trinajstić information content (AvgIpc) is 2.71. The molecule has 2 aromatic rings. The van der Waals surface area contributed by atoms with Crippen LogP contribution in [0.2, 0.25) is 0 Å². The Balaban J connectivity index is 1.85. The number of nitrogens with one attached hydrogen (secondary N) is 1. The van der Waals surface area contributed by atoms with Crippen molar-refractivity contribution in [2.75, 3.05) is 31.3 Å². The van der Waals surface area contributed by atoms with Gasteiger partial charge in [0.2, 0.25) is 10.0 Å². The molecule has 9 heteroatoms. The summed E-state index contributed by atoms with van der Waals surface area (Å²) >= 11 is 0. The van der Waals surface area contributed by atoms with Crippen LogP contribution in [-0.4, -0.2) is 47.4 Å². The van der Waals surface area contributed by atoms with Crippen LogP contribution >= 0.6 is 0 Å². The first-order chi connectivity index (χ1) is 14.1. The Morgan fingerprint density at radius 1 is 1.20 bits per heavy atom. The predicted molar refractivity (Wildman–Crippen MR) is 114 cm³/mol. The molecule has 0 radical (unpaired) electrons. The maximum absolute atomic E-state index is 13.0. The van der Waals surface area contributed by atoms with E-state index in [0.29, 0.717) is 22.9 Å². The molecule has 8 nitrogen and oxygen atoms in total. The highest BCUT2D eigenvalue weighted by molar-refractivity contribution is 7.92. The molecule has 0 aromatic heterocycles. The van der Waals surface area contributed by atoms with Gasteiger partial charge < -0.3 is 19.5 Å². The molecule has 0 saturated heterocycles. The van der Waals surface area contributed by atoms with E-state index in [1.165, 1.54) is 4.31 Å². The number of sulfonamides is 1. The van der Waals surface area contributed by atoms with Crippen molar-refractivity contribution in [1.82, 2.24) is 5.32 Å². The molecule has 3 rings (SSSR count). The first-order valence-electron chi connectivity index (χ1n) is 9.41. The Bertz CT molecular complexity index is 1050. The van der Waals surface area contributed by atoms with Crippen molar-refractivity contribution in [2.45, 2.75) is 26.0 Å². The molecule has 1 aliphatic heterocycles. The highest BCUT2D eigenvalue weighted by atomic mass is 32.2. The van der Waals surface area contributed by atoms with Gasteiger partial charge in [-0.25, -0.2) is 8.42 Å². The third-order valence-corrected chi connectivity index (χ3v) is 6.09. The van der Waals surface area contributed by atoms with Gasteiger partial charge in [0, 0.05) is 5.56 Å². The summed E-state index contributed by atoms with van der Waals surface area (Å²) in [4.78, 5) is 13.0. The second kappa shape index (κ2) is 8.43. The molecule has 162 valence electrons. The minimum atomic E-state index is -3.59. The zero-order chi connectivity index (χ0) is 22.1. The highest BCUT2D eigenvalue weighted by Crippen LogP contribution is 2.36. The van der Waals surface area contributed by atoms with Crippen molar-refractivity contribution < 1.29 is 27.4 Å². The molecule has 0 bridgehead atoms. The molecule has 2 atom stereocenters. The lowest BCUT2D eigenvalue weighted by atomic mass is 10.1. The van der Waals surface area contributed by atoms with Gasteiger partial charge in [0.15, 0.2) is 6.10 Å². The van der Waals surface area contributed by atoms with E-state index in [-0.39, 0.29) is 6.54 Å². The summed E-state index contributed by atoms with van der Waals surface area (Å²) in [5.41, 5.74) is 2.06. The number of aryl methyl sites for hydroxylation is 1. The minimum absolute atomic E-state index is 0.108. The highest BCUT2D eigenvalue weighted by Gasteiger charge is 2.35. The zero-order valence-corrected chi connectivity index (χ0v) is 18.4. The lowest BCUT2D eigenvalue weighted by Gasteiger charge is -2.34. The maximum atomic E-state index is 13.0. The first-order valence-corrected chi connectivity index (χ1v) is 11.3. The number of hydrogen-bond donors (Lipinski definition) is 1. The van der Waals surface area contributed by atoms with E-state index in [1.54, 1.807) is 44.6 Å². The van der Waals surface area contributed by atoms with Gasteiger partial charge in [-0.2, -0.15) is 0 Å². The van der Waals surface area contributed by atoms with Gasteiger partial charge in [-0.1, -0.05) is 6.07 Å². The Kier molecular flexibility index (Phi) is 6.12. The van der Waals surface area contributed by atoms with E-state index in [1.807, 2.05) is 19.9 Å². The van der Waals surface area contributed by atoms with Gasteiger partial charge in [0.25, 0.3) is 5.91 Å². The van der Waals surface area contributed by atoms with Crippen LogP contribution < -0.4 is 23.8 Å². The van der Waals surface area contributed by atoms with Gasteiger partial charge in [0.05, 0.1) is 38.7 Å². The Hall–Kier alpha value is -2.94. The summed E-state index contributed by atoms with van der Waals surface area (Å²) in [6.07, 6.45) is 0.123. The Morgan fingerprint density at radius 3 is 2.57 bits per heavy atom. The summed E-state index contributed by atoms with van der Waals surface area (Å²) < 4.78 is 42.4. The molecule has 0 saturated carbocycles. The Morgan fingerprint density at radius 2 is 1.93 bits per heavy atom. The van der Waals surface area contributed by atoms with E-state index in [9.17, 15) is 13.2 Å². The molecule has 0 fully saturated rings. The van der Waals surface area contributed by atoms with Gasteiger partial charge >= 0.3 is 0 Å². The minimum Gasteiger partial charge on any atom is -0.497 e. The molecular weight excluding hydrogens is 408 g/mol. The smallest absolute Gasteiger partial charge is 0.263 e. The van der Waals surface area contributed by atoms with Crippen LogP contribution in [0.15, 0.2) is 36.4 Å². The van der Waals surface area contributed by atoms with Gasteiger partial charge in [-0.05, 0) is 49.7 Å². The van der Waals surface area contributed by atoms with Crippen LogP contribution in [0, 0.1) is 6.92 Å². The molecular formula is C21H26N2O6S. The second-order valence-electron chi connectivity index (χ2n) is 7.21. The normalized spacial score (nSPS) is 16.8. The number of benzene rings is 2. The lowest BCUT2D eigenvalue weighted by Crippen LogP contribution is -2.50. The molecule has 2 aromatic carbocycles. The van der Waals surface area contributed by atoms with E-state index in [0.717, 1.165) is 17.4 Å². The quantitative estimate of drug-likeness (QED) is 0.750. The predicted octanol–water partition coefficient (Wildman–Crippen LogP) is 2.42. The van der Waals surface area contributed by atoms with Gasteiger partial charge in [-0.15, -0.1) is 0 Å². The number of methoxy groups -OCH3 is 2. The Labute approximate surface area is 176 Å². The van der Waals surface area contributed by atoms with Crippen molar-refractivity contribution in [1.29, 1.82) is 0 Å². The monoisotopic (exact) mass is 434 g/mol. The molecule has 1 amide bonds. The maximum Gasteiger partial charge on any atom is 0.263 e. The van der Waals surface area contributed by atoms with Gasteiger partial charge in [0.1, 0.15) is 17.2 Å². The van der Waals surface area contributed by atoms with Crippen molar-refractivity contribution >= 4 is 21.6 Å². The molecule has 0 spiro atoms.